The van der Waals surface area contributed by atoms with Crippen LogP contribution in [0.1, 0.15) is 42.0 Å². The summed E-state index contributed by atoms with van der Waals surface area (Å²) in [6.45, 7) is 9.29. The van der Waals surface area contributed by atoms with Crippen LogP contribution in [-0.4, -0.2) is 47.0 Å². The number of anilines is 1. The third-order valence-corrected chi connectivity index (χ3v) is 4.40. The van der Waals surface area contributed by atoms with Crippen LogP contribution in [0.2, 0.25) is 0 Å². The lowest BCUT2D eigenvalue weighted by atomic mass is 10.1. The molecule has 3 rings (SSSR count). The van der Waals surface area contributed by atoms with Gasteiger partial charge in [0, 0.05) is 37.4 Å². The van der Waals surface area contributed by atoms with Gasteiger partial charge in [0.15, 0.2) is 11.6 Å². The summed E-state index contributed by atoms with van der Waals surface area (Å²) in [4.78, 5) is 20.4. The van der Waals surface area contributed by atoms with Crippen LogP contribution in [-0.2, 0) is 0 Å². The summed E-state index contributed by atoms with van der Waals surface area (Å²) in [5.41, 5.74) is 1.92. The van der Waals surface area contributed by atoms with E-state index in [9.17, 15) is 4.79 Å². The molecule has 2 heterocycles. The largest absolute Gasteiger partial charge is 0.369 e. The zero-order valence-corrected chi connectivity index (χ0v) is 13.8. The van der Waals surface area contributed by atoms with Gasteiger partial charge >= 0.3 is 0 Å². The highest BCUT2D eigenvalue weighted by Crippen LogP contribution is 2.23. The van der Waals surface area contributed by atoms with Crippen molar-refractivity contribution >= 4 is 11.5 Å². The van der Waals surface area contributed by atoms with Gasteiger partial charge in [0.25, 0.3) is 0 Å². The fraction of sp³-hybridized carbons (Fsp3) is 0.471. The first-order valence-electron chi connectivity index (χ1n) is 7.95. The molecule has 1 unspecified atom stereocenters. The number of piperazine rings is 1. The van der Waals surface area contributed by atoms with Crippen molar-refractivity contribution in [2.75, 3.05) is 31.1 Å². The molecule has 1 saturated heterocycles. The Balaban J connectivity index is 1.60. The molecule has 0 aliphatic carbocycles. The van der Waals surface area contributed by atoms with Crippen LogP contribution >= 0.6 is 0 Å². The van der Waals surface area contributed by atoms with E-state index in [1.165, 1.54) is 0 Å². The standard InChI is InChI=1S/C17H22N4O2/c1-12(17-18-14(3)19-23-17)20-8-10-21(11-9-20)16-6-4-15(5-7-16)13(2)22/h4-7,12H,8-11H2,1-3H3. The molecule has 0 radical (unpaired) electrons. The van der Waals surface area contributed by atoms with Crippen molar-refractivity contribution in [2.24, 2.45) is 0 Å². The number of ketones is 1. The van der Waals surface area contributed by atoms with Crippen LogP contribution in [0.4, 0.5) is 5.69 Å². The lowest BCUT2D eigenvalue weighted by Gasteiger charge is -2.38. The molecular formula is C17H22N4O2. The fourth-order valence-corrected chi connectivity index (χ4v) is 2.91. The Morgan fingerprint density at radius 2 is 1.83 bits per heavy atom. The van der Waals surface area contributed by atoms with Crippen molar-refractivity contribution in [3.63, 3.8) is 0 Å². The Bertz CT molecular complexity index is 672. The maximum Gasteiger partial charge on any atom is 0.243 e. The first-order valence-corrected chi connectivity index (χ1v) is 7.95. The van der Waals surface area contributed by atoms with E-state index in [0.29, 0.717) is 11.7 Å². The van der Waals surface area contributed by atoms with Gasteiger partial charge in [-0.15, -0.1) is 0 Å². The predicted molar refractivity (Wildman–Crippen MR) is 87.7 cm³/mol. The number of aryl methyl sites for hydroxylation is 1. The van der Waals surface area contributed by atoms with Crippen molar-refractivity contribution < 1.29 is 9.32 Å². The van der Waals surface area contributed by atoms with Crippen LogP contribution in [0.25, 0.3) is 0 Å². The minimum atomic E-state index is 0.102. The zero-order valence-electron chi connectivity index (χ0n) is 13.8. The third-order valence-electron chi connectivity index (χ3n) is 4.40. The Morgan fingerprint density at radius 3 is 2.35 bits per heavy atom. The second-order valence-electron chi connectivity index (χ2n) is 5.98. The molecule has 1 aliphatic heterocycles. The minimum absolute atomic E-state index is 0.102. The Morgan fingerprint density at radius 1 is 1.17 bits per heavy atom. The van der Waals surface area contributed by atoms with E-state index >= 15 is 0 Å². The summed E-state index contributed by atoms with van der Waals surface area (Å²) in [5.74, 6) is 1.46. The molecule has 0 spiro atoms. The van der Waals surface area contributed by atoms with Gasteiger partial charge in [-0.05, 0) is 45.0 Å². The van der Waals surface area contributed by atoms with Crippen LogP contribution in [0.15, 0.2) is 28.8 Å². The normalized spacial score (nSPS) is 17.3. The van der Waals surface area contributed by atoms with Gasteiger partial charge in [-0.2, -0.15) is 4.98 Å². The molecule has 2 aromatic rings. The molecule has 0 saturated carbocycles. The highest BCUT2D eigenvalue weighted by molar-refractivity contribution is 5.94. The van der Waals surface area contributed by atoms with Crippen LogP contribution < -0.4 is 4.90 Å². The van der Waals surface area contributed by atoms with Gasteiger partial charge in [-0.1, -0.05) is 5.16 Å². The lowest BCUT2D eigenvalue weighted by Crippen LogP contribution is -2.47. The minimum Gasteiger partial charge on any atom is -0.369 e. The van der Waals surface area contributed by atoms with E-state index in [1.54, 1.807) is 6.92 Å². The molecule has 23 heavy (non-hydrogen) atoms. The fourth-order valence-electron chi connectivity index (χ4n) is 2.91. The van der Waals surface area contributed by atoms with E-state index < -0.39 is 0 Å². The van der Waals surface area contributed by atoms with Gasteiger partial charge in [0.2, 0.25) is 5.89 Å². The molecule has 0 N–H and O–H groups in total. The average Bonchev–Trinajstić information content (AvgIpc) is 3.01. The first-order chi connectivity index (χ1) is 11.0. The van der Waals surface area contributed by atoms with Crippen LogP contribution in [0.5, 0.6) is 0 Å². The topological polar surface area (TPSA) is 62.5 Å². The molecule has 0 amide bonds. The third kappa shape index (κ3) is 3.42. The smallest absolute Gasteiger partial charge is 0.243 e. The van der Waals surface area contributed by atoms with E-state index in [0.717, 1.165) is 37.4 Å². The molecule has 6 nitrogen and oxygen atoms in total. The first kappa shape index (κ1) is 15.7. The zero-order chi connectivity index (χ0) is 16.4. The number of carbonyl (C=O) groups excluding carboxylic acids is 1. The lowest BCUT2D eigenvalue weighted by molar-refractivity contribution is 0.101. The maximum atomic E-state index is 11.3. The van der Waals surface area contributed by atoms with Crippen molar-refractivity contribution in [3.05, 3.63) is 41.5 Å². The van der Waals surface area contributed by atoms with E-state index in [1.807, 2.05) is 31.2 Å². The number of hydrogen-bond donors (Lipinski definition) is 0. The van der Waals surface area contributed by atoms with Crippen molar-refractivity contribution in [2.45, 2.75) is 26.8 Å². The summed E-state index contributed by atoms with van der Waals surface area (Å²) in [5, 5.41) is 3.87. The highest BCUT2D eigenvalue weighted by Gasteiger charge is 2.25. The van der Waals surface area contributed by atoms with E-state index in [4.69, 9.17) is 4.52 Å². The highest BCUT2D eigenvalue weighted by atomic mass is 16.5. The van der Waals surface area contributed by atoms with Gasteiger partial charge in [0.1, 0.15) is 0 Å². The molecule has 1 aromatic heterocycles. The molecule has 1 aromatic carbocycles. The molecular weight excluding hydrogens is 292 g/mol. The molecule has 122 valence electrons. The number of carbonyl (C=O) groups is 1. The molecule has 1 fully saturated rings. The number of hydrogen-bond acceptors (Lipinski definition) is 6. The van der Waals surface area contributed by atoms with E-state index in [2.05, 4.69) is 26.9 Å². The summed E-state index contributed by atoms with van der Waals surface area (Å²) in [6, 6.07) is 7.98. The van der Waals surface area contributed by atoms with Gasteiger partial charge in [-0.3, -0.25) is 9.69 Å². The SMILES string of the molecule is CC(=O)c1ccc(N2CCN(C(C)c3nc(C)no3)CC2)cc1. The average molecular weight is 314 g/mol. The summed E-state index contributed by atoms with van der Waals surface area (Å²) < 4.78 is 5.28. The number of Topliss-reactive ketones (excluding diaryl/α,β-unsaturated/α-hetero) is 1. The molecule has 1 atom stereocenters. The molecule has 6 heteroatoms. The second-order valence-corrected chi connectivity index (χ2v) is 5.98. The molecule has 1 aliphatic rings. The van der Waals surface area contributed by atoms with Crippen LogP contribution in [0.3, 0.4) is 0 Å². The second kappa shape index (κ2) is 6.50. The van der Waals surface area contributed by atoms with Crippen molar-refractivity contribution in [1.82, 2.24) is 15.0 Å². The summed E-state index contributed by atoms with van der Waals surface area (Å²) >= 11 is 0. The van der Waals surface area contributed by atoms with E-state index in [-0.39, 0.29) is 11.8 Å². The number of nitrogens with zero attached hydrogens (tertiary/aromatic N) is 4. The summed E-state index contributed by atoms with van der Waals surface area (Å²) in [7, 11) is 0. The Kier molecular flexibility index (Phi) is 4.43. The maximum absolute atomic E-state index is 11.3. The summed E-state index contributed by atoms with van der Waals surface area (Å²) in [6.07, 6.45) is 0. The van der Waals surface area contributed by atoms with Gasteiger partial charge in [0.05, 0.1) is 6.04 Å². The van der Waals surface area contributed by atoms with Gasteiger partial charge in [-0.25, -0.2) is 0 Å². The number of aromatic nitrogens is 2. The van der Waals surface area contributed by atoms with Gasteiger partial charge < -0.3 is 9.42 Å². The number of rotatable bonds is 4. The van der Waals surface area contributed by atoms with Crippen molar-refractivity contribution in [3.8, 4) is 0 Å². The quantitative estimate of drug-likeness (QED) is 0.808. The predicted octanol–water partition coefficient (Wildman–Crippen LogP) is 2.46. The Labute approximate surface area is 136 Å². The Hall–Kier alpha value is -2.21. The number of benzene rings is 1. The molecule has 0 bridgehead atoms. The van der Waals surface area contributed by atoms with Crippen LogP contribution in [0, 0.1) is 6.92 Å². The van der Waals surface area contributed by atoms with Crippen molar-refractivity contribution in [1.29, 1.82) is 0 Å². The monoisotopic (exact) mass is 314 g/mol.